The van der Waals surface area contributed by atoms with Gasteiger partial charge in [0.1, 0.15) is 6.04 Å². The van der Waals surface area contributed by atoms with Crippen molar-refractivity contribution < 1.29 is 19.1 Å². The number of H-pyrrole nitrogens is 1. The van der Waals surface area contributed by atoms with Gasteiger partial charge in [-0.1, -0.05) is 18.2 Å². The van der Waals surface area contributed by atoms with E-state index < -0.39 is 24.0 Å². The van der Waals surface area contributed by atoms with Gasteiger partial charge in [-0.2, -0.15) is 5.10 Å². The molecule has 0 saturated carbocycles. The zero-order valence-corrected chi connectivity index (χ0v) is 18.3. The lowest BCUT2D eigenvalue weighted by Gasteiger charge is -2.20. The van der Waals surface area contributed by atoms with Gasteiger partial charge in [0.25, 0.3) is 5.91 Å². The van der Waals surface area contributed by atoms with Gasteiger partial charge in [0.2, 0.25) is 5.91 Å². The lowest BCUT2D eigenvalue weighted by molar-refractivity contribution is -0.156. The van der Waals surface area contributed by atoms with Gasteiger partial charge in [0, 0.05) is 37.5 Å². The van der Waals surface area contributed by atoms with E-state index in [1.807, 2.05) is 31.2 Å². The first-order chi connectivity index (χ1) is 14.7. The van der Waals surface area contributed by atoms with Gasteiger partial charge in [0.15, 0.2) is 6.10 Å². The Morgan fingerprint density at radius 2 is 1.94 bits per heavy atom. The predicted molar refractivity (Wildman–Crippen MR) is 116 cm³/mol. The van der Waals surface area contributed by atoms with Crippen LogP contribution in [0, 0.1) is 13.8 Å². The Labute approximate surface area is 180 Å². The van der Waals surface area contributed by atoms with E-state index in [0.717, 1.165) is 22.2 Å². The van der Waals surface area contributed by atoms with Crippen LogP contribution in [-0.4, -0.2) is 44.7 Å². The summed E-state index contributed by atoms with van der Waals surface area (Å²) < 4.78 is 7.05. The normalized spacial score (nSPS) is 12.9. The molecule has 0 unspecified atom stereocenters. The van der Waals surface area contributed by atoms with Crippen LogP contribution in [0.3, 0.4) is 0 Å². The van der Waals surface area contributed by atoms with Crippen LogP contribution in [0.5, 0.6) is 0 Å². The summed E-state index contributed by atoms with van der Waals surface area (Å²) in [5, 5.41) is 10.6. The molecule has 0 saturated heterocycles. The Bertz CT molecular complexity index is 1130. The molecule has 0 radical (unpaired) electrons. The molecule has 0 fully saturated rings. The van der Waals surface area contributed by atoms with Crippen LogP contribution in [0.25, 0.3) is 10.9 Å². The quantitative estimate of drug-likeness (QED) is 0.501. The molecule has 9 heteroatoms. The molecule has 0 spiro atoms. The number of aryl methyl sites for hydroxylation is 2. The average Bonchev–Trinajstić information content (AvgIpc) is 3.22. The molecule has 2 atom stereocenters. The number of benzene rings is 1. The van der Waals surface area contributed by atoms with Crippen LogP contribution >= 0.6 is 0 Å². The molecular formula is C22H27N5O4. The number of aromatic nitrogens is 3. The van der Waals surface area contributed by atoms with Crippen LogP contribution < -0.4 is 10.6 Å². The minimum atomic E-state index is -1.05. The fourth-order valence-electron chi connectivity index (χ4n) is 3.45. The molecule has 2 amide bonds. The van der Waals surface area contributed by atoms with Crippen molar-refractivity contribution in [2.24, 2.45) is 7.05 Å². The van der Waals surface area contributed by atoms with Gasteiger partial charge in [-0.25, -0.2) is 4.79 Å². The van der Waals surface area contributed by atoms with Crippen molar-refractivity contribution in [3.05, 3.63) is 47.4 Å². The summed E-state index contributed by atoms with van der Waals surface area (Å²) in [5.41, 5.74) is 3.85. The molecule has 0 aliphatic heterocycles. The lowest BCUT2D eigenvalue weighted by atomic mass is 10.0. The molecule has 164 valence electrons. The van der Waals surface area contributed by atoms with E-state index in [0.29, 0.717) is 11.4 Å². The Morgan fingerprint density at radius 3 is 2.58 bits per heavy atom. The Kier molecular flexibility index (Phi) is 6.43. The fraction of sp³-hybridized carbons (Fsp3) is 0.364. The van der Waals surface area contributed by atoms with Crippen molar-refractivity contribution in [1.29, 1.82) is 0 Å². The topological polar surface area (TPSA) is 118 Å². The van der Waals surface area contributed by atoms with E-state index in [9.17, 15) is 14.4 Å². The maximum Gasteiger partial charge on any atom is 0.329 e. The molecule has 2 heterocycles. The molecule has 1 aromatic carbocycles. The third kappa shape index (κ3) is 4.93. The lowest BCUT2D eigenvalue weighted by Crippen LogP contribution is -2.44. The minimum Gasteiger partial charge on any atom is -0.451 e. The largest absolute Gasteiger partial charge is 0.451 e. The monoisotopic (exact) mass is 425 g/mol. The van der Waals surface area contributed by atoms with Crippen molar-refractivity contribution in [2.45, 2.75) is 46.3 Å². The Balaban J connectivity index is 1.71. The van der Waals surface area contributed by atoms with Crippen molar-refractivity contribution in [3.8, 4) is 0 Å². The molecule has 3 N–H and O–H groups in total. The number of amides is 2. The Hall–Kier alpha value is -3.62. The highest BCUT2D eigenvalue weighted by molar-refractivity contribution is 5.96. The van der Waals surface area contributed by atoms with E-state index in [1.54, 1.807) is 24.9 Å². The van der Waals surface area contributed by atoms with E-state index in [2.05, 4.69) is 20.7 Å². The summed E-state index contributed by atoms with van der Waals surface area (Å²) >= 11 is 0. The van der Waals surface area contributed by atoms with Gasteiger partial charge in [0.05, 0.1) is 17.1 Å². The number of hydrogen-bond acceptors (Lipinski definition) is 5. The highest BCUT2D eigenvalue weighted by atomic mass is 16.5. The van der Waals surface area contributed by atoms with Crippen molar-refractivity contribution in [2.75, 3.05) is 5.32 Å². The highest BCUT2D eigenvalue weighted by Gasteiger charge is 2.27. The van der Waals surface area contributed by atoms with Crippen LogP contribution in [0.4, 0.5) is 5.69 Å². The third-order valence-corrected chi connectivity index (χ3v) is 5.18. The van der Waals surface area contributed by atoms with E-state index in [1.165, 1.54) is 13.8 Å². The van der Waals surface area contributed by atoms with Gasteiger partial charge >= 0.3 is 5.97 Å². The minimum absolute atomic E-state index is 0.234. The standard InChI is InChI=1S/C22H27N5O4/c1-12-20(13(2)27(5)26-12)25-21(29)14(3)31-22(30)19(24-15(4)28)10-16-11-23-18-9-7-6-8-17(16)18/h6-9,11,14,19,23H,10H2,1-5H3,(H,24,28)(H,25,29)/t14-,19-/m0/s1. The number of rotatable bonds is 7. The van der Waals surface area contributed by atoms with Crippen LogP contribution in [0.15, 0.2) is 30.5 Å². The third-order valence-electron chi connectivity index (χ3n) is 5.18. The predicted octanol–water partition coefficient (Wildman–Crippen LogP) is 2.14. The number of nitrogens with one attached hydrogen (secondary N) is 3. The number of hydrogen-bond donors (Lipinski definition) is 3. The van der Waals surface area contributed by atoms with Crippen LogP contribution in [0.2, 0.25) is 0 Å². The molecular weight excluding hydrogens is 398 g/mol. The highest BCUT2D eigenvalue weighted by Crippen LogP contribution is 2.21. The first-order valence-corrected chi connectivity index (χ1v) is 10.0. The maximum atomic E-state index is 12.8. The number of carbonyl (C=O) groups excluding carboxylic acids is 3. The summed E-state index contributed by atoms with van der Waals surface area (Å²) in [6, 6.07) is 6.76. The molecule has 0 bridgehead atoms. The van der Waals surface area contributed by atoms with Crippen LogP contribution in [0.1, 0.15) is 30.8 Å². The molecule has 0 aliphatic rings. The SMILES string of the molecule is CC(=O)N[C@@H](Cc1c[nH]c2ccccc12)C(=O)O[C@@H](C)C(=O)Nc1c(C)nn(C)c1C. The number of anilines is 1. The molecule has 2 aromatic heterocycles. The number of esters is 1. The summed E-state index contributed by atoms with van der Waals surface area (Å²) in [5.74, 6) is -1.51. The van der Waals surface area contributed by atoms with Gasteiger partial charge in [-0.05, 0) is 32.4 Å². The van der Waals surface area contributed by atoms with Gasteiger partial charge in [-0.15, -0.1) is 0 Å². The van der Waals surface area contributed by atoms with Crippen molar-refractivity contribution >= 4 is 34.4 Å². The Morgan fingerprint density at radius 1 is 1.23 bits per heavy atom. The van der Waals surface area contributed by atoms with Crippen LogP contribution in [-0.2, 0) is 32.6 Å². The van der Waals surface area contributed by atoms with E-state index in [-0.39, 0.29) is 12.3 Å². The smallest absolute Gasteiger partial charge is 0.329 e. The number of para-hydroxylation sites is 1. The summed E-state index contributed by atoms with van der Waals surface area (Å²) in [4.78, 5) is 40.2. The number of carbonyl (C=O) groups is 3. The van der Waals surface area contributed by atoms with Gasteiger partial charge < -0.3 is 20.4 Å². The number of ether oxygens (including phenoxy) is 1. The zero-order chi connectivity index (χ0) is 22.7. The first kappa shape index (κ1) is 22.1. The number of nitrogens with zero attached hydrogens (tertiary/aromatic N) is 2. The number of fused-ring (bicyclic) bond motifs is 1. The van der Waals surface area contributed by atoms with E-state index in [4.69, 9.17) is 4.74 Å². The molecule has 0 aliphatic carbocycles. The first-order valence-electron chi connectivity index (χ1n) is 10.0. The van der Waals surface area contributed by atoms with E-state index >= 15 is 0 Å². The average molecular weight is 425 g/mol. The second-order valence-electron chi connectivity index (χ2n) is 7.55. The number of aromatic amines is 1. The molecule has 3 aromatic rings. The summed E-state index contributed by atoms with van der Waals surface area (Å²) in [7, 11) is 1.78. The fourth-order valence-corrected chi connectivity index (χ4v) is 3.45. The zero-order valence-electron chi connectivity index (χ0n) is 18.3. The van der Waals surface area contributed by atoms with Gasteiger partial charge in [-0.3, -0.25) is 14.3 Å². The second kappa shape index (κ2) is 9.03. The molecule has 31 heavy (non-hydrogen) atoms. The second-order valence-corrected chi connectivity index (χ2v) is 7.55. The van der Waals surface area contributed by atoms with Crippen molar-refractivity contribution in [1.82, 2.24) is 20.1 Å². The summed E-state index contributed by atoms with van der Waals surface area (Å²) in [6.07, 6.45) is 0.986. The molecule has 3 rings (SSSR count). The summed E-state index contributed by atoms with van der Waals surface area (Å²) in [6.45, 7) is 6.44. The van der Waals surface area contributed by atoms with Crippen molar-refractivity contribution in [3.63, 3.8) is 0 Å². The maximum absolute atomic E-state index is 12.8. The molecule has 9 nitrogen and oxygen atoms in total.